The number of hydrogen-bond acceptors (Lipinski definition) is 3. The molecule has 1 spiro atoms. The minimum absolute atomic E-state index is 0.101. The average Bonchev–Trinajstić information content (AvgIpc) is 3.21. The van der Waals surface area contributed by atoms with Crippen molar-refractivity contribution in [2.45, 2.75) is 70.2 Å². The van der Waals surface area contributed by atoms with Crippen LogP contribution in [-0.4, -0.2) is 30.2 Å². The van der Waals surface area contributed by atoms with Gasteiger partial charge in [0.1, 0.15) is 0 Å². The van der Waals surface area contributed by atoms with Crippen molar-refractivity contribution in [1.29, 1.82) is 0 Å². The monoisotopic (exact) mass is 342 g/mol. The van der Waals surface area contributed by atoms with E-state index in [1.165, 1.54) is 18.4 Å². The van der Waals surface area contributed by atoms with Gasteiger partial charge < -0.3 is 14.6 Å². The van der Waals surface area contributed by atoms with Crippen LogP contribution in [0.2, 0.25) is 0 Å². The van der Waals surface area contributed by atoms with Gasteiger partial charge in [-0.1, -0.05) is 24.5 Å². The zero-order valence-corrected chi connectivity index (χ0v) is 15.3. The lowest BCUT2D eigenvalue weighted by Crippen LogP contribution is -2.55. The first-order valence-corrected chi connectivity index (χ1v) is 10.2. The summed E-state index contributed by atoms with van der Waals surface area (Å²) < 4.78 is 12.4. The number of aliphatic hydroxyl groups is 1. The molecule has 0 amide bonds. The van der Waals surface area contributed by atoms with Crippen LogP contribution >= 0.6 is 0 Å². The lowest BCUT2D eigenvalue weighted by molar-refractivity contribution is -0.241. The fourth-order valence-electron chi connectivity index (χ4n) is 7.45. The molecule has 0 unspecified atom stereocenters. The summed E-state index contributed by atoms with van der Waals surface area (Å²) in [5.74, 6) is 4.76. The van der Waals surface area contributed by atoms with Crippen molar-refractivity contribution in [3.8, 4) is 12.3 Å². The van der Waals surface area contributed by atoms with E-state index in [4.69, 9.17) is 15.9 Å². The van der Waals surface area contributed by atoms with E-state index in [9.17, 15) is 5.11 Å². The highest BCUT2D eigenvalue weighted by Gasteiger charge is 2.66. The van der Waals surface area contributed by atoms with Gasteiger partial charge in [0.05, 0.1) is 24.7 Å². The Hall–Kier alpha value is -0.820. The summed E-state index contributed by atoms with van der Waals surface area (Å²) in [6, 6.07) is 0. The number of terminal acetylenes is 1. The second-order valence-electron chi connectivity index (χ2n) is 9.30. The molecule has 4 fully saturated rings. The molecule has 3 heteroatoms. The lowest BCUT2D eigenvalue weighted by Gasteiger charge is -2.58. The van der Waals surface area contributed by atoms with Crippen LogP contribution in [0.1, 0.15) is 58.3 Å². The summed E-state index contributed by atoms with van der Waals surface area (Å²) in [7, 11) is 0. The number of allylic oxidation sites excluding steroid dienone is 1. The standard InChI is InChI=1S/C22H30O3/c1-3-21-10-6-16(23)14-15(21)4-5-17-18-8-11-22(24-12-13-25-22)20(18,2)9-7-19(17)21/h1,4,16-19,23H,5-14H2,2H3/t16-,17-,18-,19-,20-,21-/m0/s1. The van der Waals surface area contributed by atoms with E-state index in [-0.39, 0.29) is 22.7 Å². The minimum atomic E-state index is -0.335. The maximum absolute atomic E-state index is 10.1. The molecule has 1 saturated heterocycles. The smallest absolute Gasteiger partial charge is 0.174 e. The average molecular weight is 342 g/mol. The number of hydrogen-bond donors (Lipinski definition) is 1. The molecule has 25 heavy (non-hydrogen) atoms. The van der Waals surface area contributed by atoms with Crippen LogP contribution in [0.5, 0.6) is 0 Å². The van der Waals surface area contributed by atoms with E-state index in [2.05, 4.69) is 18.9 Å². The summed E-state index contributed by atoms with van der Waals surface area (Å²) in [6.45, 7) is 3.90. The van der Waals surface area contributed by atoms with E-state index >= 15 is 0 Å². The van der Waals surface area contributed by atoms with Crippen molar-refractivity contribution in [3.63, 3.8) is 0 Å². The predicted octanol–water partition coefficient (Wildman–Crippen LogP) is 3.67. The Morgan fingerprint density at radius 1 is 1.12 bits per heavy atom. The maximum Gasteiger partial charge on any atom is 0.174 e. The molecule has 6 atom stereocenters. The molecule has 1 N–H and O–H groups in total. The Kier molecular flexibility index (Phi) is 3.50. The summed E-state index contributed by atoms with van der Waals surface area (Å²) in [5, 5.41) is 10.1. The van der Waals surface area contributed by atoms with E-state index in [0.717, 1.165) is 51.7 Å². The zero-order chi connectivity index (χ0) is 17.3. The van der Waals surface area contributed by atoms with Gasteiger partial charge in [-0.15, -0.1) is 6.42 Å². The molecule has 1 aliphatic heterocycles. The summed E-state index contributed by atoms with van der Waals surface area (Å²) in [5.41, 5.74) is 1.39. The molecule has 3 nitrogen and oxygen atoms in total. The molecular formula is C22H30O3. The summed E-state index contributed by atoms with van der Waals surface area (Å²) in [6.07, 6.45) is 16.6. The molecular weight excluding hydrogens is 312 g/mol. The second-order valence-corrected chi connectivity index (χ2v) is 9.30. The van der Waals surface area contributed by atoms with E-state index in [0.29, 0.717) is 17.8 Å². The van der Waals surface area contributed by atoms with Gasteiger partial charge in [0.25, 0.3) is 0 Å². The van der Waals surface area contributed by atoms with Crippen molar-refractivity contribution in [2.75, 3.05) is 13.2 Å². The first-order chi connectivity index (χ1) is 12.0. The van der Waals surface area contributed by atoms with Crippen LogP contribution in [0.3, 0.4) is 0 Å². The highest BCUT2D eigenvalue weighted by atomic mass is 16.7. The fourth-order valence-corrected chi connectivity index (χ4v) is 7.45. The minimum Gasteiger partial charge on any atom is -0.393 e. The van der Waals surface area contributed by atoms with Gasteiger partial charge in [0.15, 0.2) is 5.79 Å². The highest BCUT2D eigenvalue weighted by Crippen LogP contribution is 2.68. The van der Waals surface area contributed by atoms with Gasteiger partial charge in [-0.05, 0) is 62.7 Å². The molecule has 5 aliphatic rings. The second kappa shape index (κ2) is 5.35. The normalized spacial score (nSPS) is 50.5. The molecule has 0 bridgehead atoms. The first kappa shape index (κ1) is 16.4. The molecule has 0 aromatic carbocycles. The number of ether oxygens (including phenoxy) is 2. The maximum atomic E-state index is 10.1. The van der Waals surface area contributed by atoms with E-state index in [1.807, 2.05) is 0 Å². The summed E-state index contributed by atoms with van der Waals surface area (Å²) >= 11 is 0. The zero-order valence-electron chi connectivity index (χ0n) is 15.3. The molecule has 0 aromatic heterocycles. The molecule has 5 rings (SSSR count). The molecule has 136 valence electrons. The summed E-state index contributed by atoms with van der Waals surface area (Å²) in [4.78, 5) is 0. The molecule has 1 heterocycles. The van der Waals surface area contributed by atoms with Crippen LogP contribution in [0, 0.1) is 40.9 Å². The topological polar surface area (TPSA) is 38.7 Å². The Morgan fingerprint density at radius 3 is 2.64 bits per heavy atom. The van der Waals surface area contributed by atoms with Gasteiger partial charge >= 0.3 is 0 Å². The SMILES string of the molecule is C#C[C@]12CC[C@H](O)CC1=CC[C@@H]1[C@@H]2CC[C@@]2(C)[C@H]1CCC21OCCO1. The molecule has 3 saturated carbocycles. The number of aliphatic hydroxyl groups excluding tert-OH is 1. The Labute approximate surface area is 151 Å². The lowest BCUT2D eigenvalue weighted by atomic mass is 9.47. The number of rotatable bonds is 0. The van der Waals surface area contributed by atoms with Gasteiger partial charge in [-0.2, -0.15) is 0 Å². The van der Waals surface area contributed by atoms with E-state index in [1.54, 1.807) is 0 Å². The van der Waals surface area contributed by atoms with Crippen LogP contribution in [0.25, 0.3) is 0 Å². The van der Waals surface area contributed by atoms with Crippen molar-refractivity contribution < 1.29 is 14.6 Å². The van der Waals surface area contributed by atoms with Gasteiger partial charge in [-0.3, -0.25) is 0 Å². The third kappa shape index (κ3) is 1.94. The van der Waals surface area contributed by atoms with E-state index < -0.39 is 0 Å². The van der Waals surface area contributed by atoms with Crippen LogP contribution in [-0.2, 0) is 9.47 Å². The van der Waals surface area contributed by atoms with Gasteiger partial charge in [0, 0.05) is 11.8 Å². The van der Waals surface area contributed by atoms with Crippen molar-refractivity contribution in [3.05, 3.63) is 11.6 Å². The first-order valence-electron chi connectivity index (χ1n) is 10.2. The third-order valence-electron chi connectivity index (χ3n) is 8.66. The van der Waals surface area contributed by atoms with Crippen molar-refractivity contribution in [2.24, 2.45) is 28.6 Å². The predicted molar refractivity (Wildman–Crippen MR) is 95.5 cm³/mol. The van der Waals surface area contributed by atoms with Crippen molar-refractivity contribution >= 4 is 0 Å². The quantitative estimate of drug-likeness (QED) is 0.539. The molecule has 4 aliphatic carbocycles. The van der Waals surface area contributed by atoms with Gasteiger partial charge in [-0.25, -0.2) is 0 Å². The molecule has 0 radical (unpaired) electrons. The van der Waals surface area contributed by atoms with Crippen LogP contribution in [0.15, 0.2) is 11.6 Å². The fraction of sp³-hybridized carbons (Fsp3) is 0.818. The Bertz CT molecular complexity index is 640. The highest BCUT2D eigenvalue weighted by molar-refractivity contribution is 5.35. The van der Waals surface area contributed by atoms with Crippen LogP contribution in [0.4, 0.5) is 0 Å². The van der Waals surface area contributed by atoms with Crippen LogP contribution < -0.4 is 0 Å². The Morgan fingerprint density at radius 2 is 1.88 bits per heavy atom. The number of fused-ring (bicyclic) bond motifs is 6. The largest absolute Gasteiger partial charge is 0.393 e. The molecule has 0 aromatic rings. The van der Waals surface area contributed by atoms with Crippen molar-refractivity contribution in [1.82, 2.24) is 0 Å². The Balaban J connectivity index is 1.52. The van der Waals surface area contributed by atoms with Gasteiger partial charge in [0.2, 0.25) is 0 Å². The third-order valence-corrected chi connectivity index (χ3v) is 8.66.